The van der Waals surface area contributed by atoms with Crippen molar-refractivity contribution in [1.82, 2.24) is 4.90 Å². The second-order valence-corrected chi connectivity index (χ2v) is 3.20. The van der Waals surface area contributed by atoms with E-state index in [0.29, 0.717) is 0 Å². The van der Waals surface area contributed by atoms with E-state index in [0.717, 1.165) is 5.57 Å². The zero-order valence-corrected chi connectivity index (χ0v) is 8.16. The molecule has 0 bridgehead atoms. The molecule has 0 rings (SSSR count). The Balaban J connectivity index is 4.20. The summed E-state index contributed by atoms with van der Waals surface area (Å²) in [5, 5.41) is 8.77. The largest absolute Gasteiger partial charge is 0.394 e. The first kappa shape index (κ1) is 11.2. The van der Waals surface area contributed by atoms with E-state index >= 15 is 0 Å². The summed E-state index contributed by atoms with van der Waals surface area (Å²) >= 11 is 0. The van der Waals surface area contributed by atoms with Crippen molar-refractivity contribution in [2.75, 3.05) is 13.7 Å². The van der Waals surface area contributed by atoms with Crippen LogP contribution in [0.4, 0.5) is 0 Å². The van der Waals surface area contributed by atoms with Crippen molar-refractivity contribution in [2.24, 2.45) is 0 Å². The van der Waals surface area contributed by atoms with Crippen LogP contribution in [0.2, 0.25) is 0 Å². The van der Waals surface area contributed by atoms with E-state index in [9.17, 15) is 4.79 Å². The zero-order valence-electron chi connectivity index (χ0n) is 8.16. The summed E-state index contributed by atoms with van der Waals surface area (Å²) in [7, 11) is 1.68. The van der Waals surface area contributed by atoms with Gasteiger partial charge in [-0.1, -0.05) is 5.57 Å². The number of rotatable bonds is 3. The molecule has 0 aromatic carbocycles. The number of nitrogens with zero attached hydrogens (tertiary/aromatic N) is 1. The lowest BCUT2D eigenvalue weighted by molar-refractivity contribution is -0.127. The lowest BCUT2D eigenvalue weighted by atomic mass is 10.2. The number of carbonyl (C=O) groups excluding carboxylic acids is 1. The summed E-state index contributed by atoms with van der Waals surface area (Å²) in [6.07, 6.45) is 1.56. The Morgan fingerprint density at radius 2 is 2.08 bits per heavy atom. The van der Waals surface area contributed by atoms with E-state index in [1.807, 2.05) is 13.8 Å². The molecule has 0 spiro atoms. The molecular weight excluding hydrogens is 154 g/mol. The van der Waals surface area contributed by atoms with Crippen LogP contribution in [0.5, 0.6) is 0 Å². The molecule has 0 radical (unpaired) electrons. The predicted molar refractivity (Wildman–Crippen MR) is 48.7 cm³/mol. The van der Waals surface area contributed by atoms with Crippen molar-refractivity contribution in [3.05, 3.63) is 11.6 Å². The second kappa shape index (κ2) is 4.93. The number of amides is 1. The monoisotopic (exact) mass is 171 g/mol. The van der Waals surface area contributed by atoms with Gasteiger partial charge >= 0.3 is 0 Å². The molecule has 12 heavy (non-hydrogen) atoms. The number of hydrogen-bond donors (Lipinski definition) is 1. The molecule has 0 saturated heterocycles. The van der Waals surface area contributed by atoms with Gasteiger partial charge in [-0.3, -0.25) is 4.79 Å². The van der Waals surface area contributed by atoms with Crippen molar-refractivity contribution < 1.29 is 9.90 Å². The molecule has 0 aliphatic carbocycles. The maximum Gasteiger partial charge on any atom is 0.246 e. The normalized spacial score (nSPS) is 12.1. The van der Waals surface area contributed by atoms with Crippen LogP contribution in [0.1, 0.15) is 20.8 Å². The number of aliphatic hydroxyl groups is 1. The molecule has 1 atom stereocenters. The van der Waals surface area contributed by atoms with Gasteiger partial charge in [0.1, 0.15) is 0 Å². The summed E-state index contributed by atoms with van der Waals surface area (Å²) in [5.41, 5.74) is 0.969. The summed E-state index contributed by atoms with van der Waals surface area (Å²) in [6, 6.07) is -0.118. The van der Waals surface area contributed by atoms with Crippen LogP contribution in [0, 0.1) is 0 Å². The molecule has 0 aromatic rings. The van der Waals surface area contributed by atoms with E-state index in [1.54, 1.807) is 20.0 Å². The van der Waals surface area contributed by atoms with E-state index in [1.165, 1.54) is 4.90 Å². The van der Waals surface area contributed by atoms with E-state index in [4.69, 9.17) is 5.11 Å². The number of allylic oxidation sites excluding steroid dienone is 1. The summed E-state index contributed by atoms with van der Waals surface area (Å²) < 4.78 is 0. The quantitative estimate of drug-likeness (QED) is 0.638. The first-order chi connectivity index (χ1) is 5.49. The minimum Gasteiger partial charge on any atom is -0.394 e. The minimum absolute atomic E-state index is 0.00115. The third-order valence-electron chi connectivity index (χ3n) is 1.69. The molecule has 3 heteroatoms. The van der Waals surface area contributed by atoms with Crippen LogP contribution in [0.3, 0.4) is 0 Å². The first-order valence-electron chi connectivity index (χ1n) is 4.01. The average Bonchev–Trinajstić information content (AvgIpc) is 2.00. The Kier molecular flexibility index (Phi) is 4.59. The molecule has 3 nitrogen and oxygen atoms in total. The van der Waals surface area contributed by atoms with Gasteiger partial charge in [-0.2, -0.15) is 0 Å². The summed E-state index contributed by atoms with van der Waals surface area (Å²) in [4.78, 5) is 12.8. The van der Waals surface area contributed by atoms with E-state index in [2.05, 4.69) is 0 Å². The maximum atomic E-state index is 11.3. The number of hydrogen-bond acceptors (Lipinski definition) is 2. The molecule has 0 heterocycles. The molecule has 70 valence electrons. The Hall–Kier alpha value is -0.830. The smallest absolute Gasteiger partial charge is 0.246 e. The second-order valence-electron chi connectivity index (χ2n) is 3.20. The van der Waals surface area contributed by atoms with Gasteiger partial charge < -0.3 is 10.0 Å². The van der Waals surface area contributed by atoms with Crippen LogP contribution in [0.15, 0.2) is 11.6 Å². The standard InChI is InChI=1S/C9H17NO2/c1-7(2)5-9(12)10(4)8(3)6-11/h5,8,11H,6H2,1-4H3. The van der Waals surface area contributed by atoms with Crippen LogP contribution >= 0.6 is 0 Å². The number of carbonyl (C=O) groups is 1. The highest BCUT2D eigenvalue weighted by Crippen LogP contribution is 1.98. The molecule has 1 N–H and O–H groups in total. The van der Waals surface area contributed by atoms with Gasteiger partial charge in [0.15, 0.2) is 0 Å². The van der Waals surface area contributed by atoms with Crippen molar-refractivity contribution in [1.29, 1.82) is 0 Å². The lowest BCUT2D eigenvalue weighted by Crippen LogP contribution is -2.36. The summed E-state index contributed by atoms with van der Waals surface area (Å²) in [5.74, 6) is -0.0587. The fraction of sp³-hybridized carbons (Fsp3) is 0.667. The Bertz CT molecular complexity index is 183. The van der Waals surface area contributed by atoms with Gasteiger partial charge in [0.25, 0.3) is 0 Å². The molecule has 0 aliphatic rings. The van der Waals surface area contributed by atoms with Gasteiger partial charge in [-0.15, -0.1) is 0 Å². The van der Waals surface area contributed by atoms with Crippen LogP contribution in [0.25, 0.3) is 0 Å². The molecule has 0 aromatic heterocycles. The Morgan fingerprint density at radius 1 is 1.58 bits per heavy atom. The Morgan fingerprint density at radius 3 is 2.42 bits per heavy atom. The Labute approximate surface area is 73.7 Å². The molecule has 1 amide bonds. The van der Waals surface area contributed by atoms with Crippen LogP contribution < -0.4 is 0 Å². The molecular formula is C9H17NO2. The third-order valence-corrected chi connectivity index (χ3v) is 1.69. The lowest BCUT2D eigenvalue weighted by Gasteiger charge is -2.21. The van der Waals surface area contributed by atoms with Gasteiger partial charge in [0.05, 0.1) is 12.6 Å². The van der Waals surface area contributed by atoms with E-state index < -0.39 is 0 Å². The molecule has 0 aliphatic heterocycles. The number of aliphatic hydroxyl groups excluding tert-OH is 1. The number of likely N-dealkylation sites (N-methyl/N-ethyl adjacent to an activating group) is 1. The first-order valence-corrected chi connectivity index (χ1v) is 4.01. The van der Waals surface area contributed by atoms with Gasteiger partial charge in [-0.05, 0) is 20.8 Å². The SMILES string of the molecule is CC(C)=CC(=O)N(C)C(C)CO. The fourth-order valence-electron chi connectivity index (χ4n) is 0.688. The zero-order chi connectivity index (χ0) is 9.72. The highest BCUT2D eigenvalue weighted by atomic mass is 16.3. The highest BCUT2D eigenvalue weighted by Gasteiger charge is 2.11. The molecule has 0 saturated carbocycles. The van der Waals surface area contributed by atoms with Crippen molar-refractivity contribution in [2.45, 2.75) is 26.8 Å². The maximum absolute atomic E-state index is 11.3. The van der Waals surface area contributed by atoms with E-state index in [-0.39, 0.29) is 18.6 Å². The third kappa shape index (κ3) is 3.53. The predicted octanol–water partition coefficient (Wildman–Crippen LogP) is 0.792. The van der Waals surface area contributed by atoms with Gasteiger partial charge in [0.2, 0.25) is 5.91 Å². The average molecular weight is 171 g/mol. The minimum atomic E-state index is -0.118. The molecule has 0 fully saturated rings. The van der Waals surface area contributed by atoms with Crippen molar-refractivity contribution in [3.63, 3.8) is 0 Å². The topological polar surface area (TPSA) is 40.5 Å². The fourth-order valence-corrected chi connectivity index (χ4v) is 0.688. The highest BCUT2D eigenvalue weighted by molar-refractivity contribution is 5.88. The van der Waals surface area contributed by atoms with Gasteiger partial charge in [0, 0.05) is 13.1 Å². The van der Waals surface area contributed by atoms with Crippen molar-refractivity contribution >= 4 is 5.91 Å². The van der Waals surface area contributed by atoms with Crippen LogP contribution in [-0.2, 0) is 4.79 Å². The van der Waals surface area contributed by atoms with Gasteiger partial charge in [-0.25, -0.2) is 0 Å². The van der Waals surface area contributed by atoms with Crippen molar-refractivity contribution in [3.8, 4) is 0 Å². The van der Waals surface area contributed by atoms with Crippen LogP contribution in [-0.4, -0.2) is 35.6 Å². The summed E-state index contributed by atoms with van der Waals surface area (Å²) in [6.45, 7) is 5.54. The molecule has 1 unspecified atom stereocenters.